The molecule has 0 spiro atoms. The van der Waals surface area contributed by atoms with E-state index in [9.17, 15) is 13.2 Å². The fraction of sp³-hybridized carbons (Fsp3) is 0.438. The Morgan fingerprint density at radius 1 is 1.15 bits per heavy atom. The maximum atomic E-state index is 12.8. The quantitative estimate of drug-likeness (QED) is 0.697. The molecule has 7 nitrogen and oxygen atoms in total. The molecule has 0 atom stereocenters. The highest BCUT2D eigenvalue weighted by atomic mass is 19.4. The van der Waals surface area contributed by atoms with Gasteiger partial charge < -0.3 is 0 Å². The van der Waals surface area contributed by atoms with E-state index in [1.165, 1.54) is 12.1 Å². The van der Waals surface area contributed by atoms with E-state index >= 15 is 0 Å². The molecule has 1 saturated carbocycles. The van der Waals surface area contributed by atoms with Crippen LogP contribution in [-0.2, 0) is 19.1 Å². The third kappa shape index (κ3) is 3.31. The maximum Gasteiger partial charge on any atom is 0.416 e. The first-order valence-electron chi connectivity index (χ1n) is 8.28. The van der Waals surface area contributed by atoms with Gasteiger partial charge in [-0.1, -0.05) is 0 Å². The number of aryl methyl sites for hydroxylation is 3. The van der Waals surface area contributed by atoms with Gasteiger partial charge in [0.2, 0.25) is 0 Å². The lowest BCUT2D eigenvalue weighted by Crippen LogP contribution is -2.11. The Labute approximate surface area is 146 Å². The molecule has 0 N–H and O–H groups in total. The number of benzene rings is 1. The lowest BCUT2D eigenvalue weighted by molar-refractivity contribution is -0.137. The van der Waals surface area contributed by atoms with Crippen LogP contribution in [0.15, 0.2) is 24.3 Å². The van der Waals surface area contributed by atoms with Crippen molar-refractivity contribution < 1.29 is 13.2 Å². The van der Waals surface area contributed by atoms with Crippen molar-refractivity contribution in [2.75, 3.05) is 0 Å². The number of hydrogen-bond acceptors (Lipinski definition) is 5. The van der Waals surface area contributed by atoms with Gasteiger partial charge >= 0.3 is 6.18 Å². The smallest absolute Gasteiger partial charge is 0.229 e. The molecule has 1 aliphatic rings. The lowest BCUT2D eigenvalue weighted by Gasteiger charge is -2.09. The van der Waals surface area contributed by atoms with E-state index in [-0.39, 0.29) is 0 Å². The molecule has 2 aromatic heterocycles. The SMILES string of the molecule is Cc1nnnn1CCc1nc(C2CC2)nn1-c1ccc(C(F)(F)F)cc1. The molecule has 136 valence electrons. The summed E-state index contributed by atoms with van der Waals surface area (Å²) in [6.07, 6.45) is -1.75. The second-order valence-electron chi connectivity index (χ2n) is 6.32. The zero-order valence-electron chi connectivity index (χ0n) is 14.0. The van der Waals surface area contributed by atoms with Crippen LogP contribution in [0.5, 0.6) is 0 Å². The molecule has 0 unspecified atom stereocenters. The molecule has 0 bridgehead atoms. The summed E-state index contributed by atoms with van der Waals surface area (Å²) in [5.74, 6) is 2.46. The van der Waals surface area contributed by atoms with Gasteiger partial charge in [0.05, 0.1) is 17.8 Å². The van der Waals surface area contributed by atoms with E-state index in [1.807, 2.05) is 0 Å². The van der Waals surface area contributed by atoms with Crippen molar-refractivity contribution in [1.29, 1.82) is 0 Å². The van der Waals surface area contributed by atoms with E-state index in [2.05, 4.69) is 25.6 Å². The van der Waals surface area contributed by atoms with Gasteiger partial charge in [-0.15, -0.1) is 5.10 Å². The molecule has 0 saturated heterocycles. The first-order valence-corrected chi connectivity index (χ1v) is 8.28. The van der Waals surface area contributed by atoms with Crippen molar-refractivity contribution in [2.24, 2.45) is 0 Å². The molecule has 1 aromatic carbocycles. The van der Waals surface area contributed by atoms with Crippen LogP contribution in [-0.4, -0.2) is 35.0 Å². The van der Waals surface area contributed by atoms with Gasteiger partial charge in [0.1, 0.15) is 11.6 Å². The Bertz CT molecular complexity index is 907. The van der Waals surface area contributed by atoms with Gasteiger partial charge in [0, 0.05) is 12.3 Å². The average molecular weight is 363 g/mol. The van der Waals surface area contributed by atoms with Crippen molar-refractivity contribution in [2.45, 2.75) is 44.8 Å². The Morgan fingerprint density at radius 2 is 1.88 bits per heavy atom. The fourth-order valence-electron chi connectivity index (χ4n) is 2.70. The van der Waals surface area contributed by atoms with E-state index in [1.54, 1.807) is 16.3 Å². The van der Waals surface area contributed by atoms with Crippen LogP contribution in [0.1, 0.15) is 41.8 Å². The van der Waals surface area contributed by atoms with Crippen LogP contribution in [0.2, 0.25) is 0 Å². The largest absolute Gasteiger partial charge is 0.416 e. The summed E-state index contributed by atoms with van der Waals surface area (Å²) >= 11 is 0. The number of tetrazole rings is 1. The van der Waals surface area contributed by atoms with Gasteiger partial charge in [-0.25, -0.2) is 14.3 Å². The minimum atomic E-state index is -4.36. The topological polar surface area (TPSA) is 74.3 Å². The molecule has 4 rings (SSSR count). The number of alkyl halides is 3. The van der Waals surface area contributed by atoms with E-state index in [0.717, 1.165) is 30.8 Å². The number of rotatable bonds is 5. The van der Waals surface area contributed by atoms with Crippen molar-refractivity contribution >= 4 is 0 Å². The molecule has 3 aromatic rings. The normalized spacial score (nSPS) is 14.8. The average Bonchev–Trinajstić information content (AvgIpc) is 3.24. The van der Waals surface area contributed by atoms with Gasteiger partial charge in [0.25, 0.3) is 0 Å². The molecule has 26 heavy (non-hydrogen) atoms. The first-order chi connectivity index (χ1) is 12.4. The minimum absolute atomic E-state index is 0.347. The predicted octanol–water partition coefficient (Wildman–Crippen LogP) is 2.70. The zero-order valence-corrected chi connectivity index (χ0v) is 14.0. The lowest BCUT2D eigenvalue weighted by atomic mass is 10.2. The van der Waals surface area contributed by atoms with E-state index < -0.39 is 11.7 Å². The summed E-state index contributed by atoms with van der Waals surface area (Å²) in [6.45, 7) is 2.32. The fourth-order valence-corrected chi connectivity index (χ4v) is 2.70. The second kappa shape index (κ2) is 6.19. The van der Waals surface area contributed by atoms with Gasteiger partial charge in [-0.2, -0.15) is 18.3 Å². The minimum Gasteiger partial charge on any atom is -0.229 e. The highest BCUT2D eigenvalue weighted by Gasteiger charge is 2.31. The number of nitrogens with zero attached hydrogens (tertiary/aromatic N) is 7. The monoisotopic (exact) mass is 363 g/mol. The molecule has 1 aliphatic carbocycles. The molecule has 0 aliphatic heterocycles. The van der Waals surface area contributed by atoms with Crippen molar-refractivity contribution in [1.82, 2.24) is 35.0 Å². The Kier molecular flexibility index (Phi) is 3.97. The summed E-state index contributed by atoms with van der Waals surface area (Å²) < 4.78 is 41.6. The van der Waals surface area contributed by atoms with Crippen LogP contribution in [0.4, 0.5) is 13.2 Å². The molecule has 2 heterocycles. The molecular formula is C16H16F3N7. The first kappa shape index (κ1) is 16.7. The van der Waals surface area contributed by atoms with Gasteiger partial charge in [0.15, 0.2) is 5.82 Å². The summed E-state index contributed by atoms with van der Waals surface area (Å²) in [4.78, 5) is 4.60. The summed E-state index contributed by atoms with van der Waals surface area (Å²) in [5, 5.41) is 15.9. The molecule has 1 fully saturated rings. The zero-order chi connectivity index (χ0) is 18.3. The third-order valence-corrected chi connectivity index (χ3v) is 4.33. The Hall–Kier alpha value is -2.78. The standard InChI is InChI=1S/C16H16F3N7/c1-10-21-23-24-25(10)9-8-14-20-15(11-2-3-11)22-26(14)13-6-4-12(5-7-13)16(17,18)19/h4-7,11H,2-3,8-9H2,1H3. The van der Waals surface area contributed by atoms with Gasteiger partial charge in [-0.3, -0.25) is 0 Å². The molecular weight excluding hydrogens is 347 g/mol. The summed E-state index contributed by atoms with van der Waals surface area (Å²) in [5.41, 5.74) is -0.129. The van der Waals surface area contributed by atoms with Crippen molar-refractivity contribution in [3.05, 3.63) is 47.3 Å². The van der Waals surface area contributed by atoms with Crippen LogP contribution in [0, 0.1) is 6.92 Å². The van der Waals surface area contributed by atoms with Crippen LogP contribution in [0.3, 0.4) is 0 Å². The van der Waals surface area contributed by atoms with Crippen molar-refractivity contribution in [3.8, 4) is 5.69 Å². The number of halogens is 3. The molecule has 0 radical (unpaired) electrons. The van der Waals surface area contributed by atoms with E-state index in [0.29, 0.717) is 36.2 Å². The van der Waals surface area contributed by atoms with Gasteiger partial charge in [-0.05, 0) is 54.5 Å². The summed E-state index contributed by atoms with van der Waals surface area (Å²) in [6, 6.07) is 4.95. The van der Waals surface area contributed by atoms with Crippen molar-refractivity contribution in [3.63, 3.8) is 0 Å². The summed E-state index contributed by atoms with van der Waals surface area (Å²) in [7, 11) is 0. The highest BCUT2D eigenvalue weighted by Crippen LogP contribution is 2.38. The van der Waals surface area contributed by atoms with E-state index in [4.69, 9.17) is 0 Å². The Balaban J connectivity index is 1.63. The van der Waals surface area contributed by atoms with Crippen LogP contribution < -0.4 is 0 Å². The Morgan fingerprint density at radius 3 is 2.46 bits per heavy atom. The predicted molar refractivity (Wildman–Crippen MR) is 84.6 cm³/mol. The molecule has 0 amide bonds. The van der Waals surface area contributed by atoms with Crippen LogP contribution >= 0.6 is 0 Å². The second-order valence-corrected chi connectivity index (χ2v) is 6.32. The number of aromatic nitrogens is 7. The maximum absolute atomic E-state index is 12.8. The highest BCUT2D eigenvalue weighted by molar-refractivity contribution is 5.36. The third-order valence-electron chi connectivity index (χ3n) is 4.33. The van der Waals surface area contributed by atoms with Crippen LogP contribution in [0.25, 0.3) is 5.69 Å². The number of hydrogen-bond donors (Lipinski definition) is 0. The molecule has 10 heteroatoms.